The molecule has 0 saturated heterocycles. The average Bonchev–Trinajstić information content (AvgIpc) is 2.67. The first-order valence-electron chi connectivity index (χ1n) is 9.94. The molecule has 7 heteroatoms. The number of nitrogens with one attached hydrogen (secondary N) is 1. The Kier molecular flexibility index (Phi) is 8.96. The molecule has 1 amide bonds. The van der Waals surface area contributed by atoms with Crippen LogP contribution in [-0.2, 0) is 20.7 Å². The van der Waals surface area contributed by atoms with Crippen LogP contribution in [0.3, 0.4) is 0 Å². The van der Waals surface area contributed by atoms with E-state index in [1.165, 1.54) is 30.2 Å². The van der Waals surface area contributed by atoms with Gasteiger partial charge in [0.15, 0.2) is 11.3 Å². The summed E-state index contributed by atoms with van der Waals surface area (Å²) >= 11 is 1.50. The Bertz CT molecular complexity index is 711. The van der Waals surface area contributed by atoms with E-state index in [4.69, 9.17) is 4.74 Å². The maximum atomic E-state index is 12.1. The topological polar surface area (TPSA) is 81.2 Å². The Morgan fingerprint density at radius 2 is 1.93 bits per heavy atom. The maximum Gasteiger partial charge on any atom is 0.306 e. The number of thioether (sulfide) groups is 1. The summed E-state index contributed by atoms with van der Waals surface area (Å²) < 4.78 is 5.29. The minimum Gasteiger partial charge on any atom is -0.453 e. The Labute approximate surface area is 171 Å². The number of amides is 1. The molecule has 154 valence electrons. The monoisotopic (exact) mass is 405 g/mol. The number of hydrogen-bond donors (Lipinski definition) is 1. The van der Waals surface area contributed by atoms with Crippen molar-refractivity contribution in [3.8, 4) is 0 Å². The summed E-state index contributed by atoms with van der Waals surface area (Å²) in [5, 5.41) is 3.59. The van der Waals surface area contributed by atoms with Crippen LogP contribution in [0, 0.1) is 13.8 Å². The Balaban J connectivity index is 1.74. The lowest BCUT2D eigenvalue weighted by atomic mass is 9.97. The van der Waals surface area contributed by atoms with Gasteiger partial charge in [-0.3, -0.25) is 9.59 Å². The third-order valence-electron chi connectivity index (χ3n) is 4.97. The first-order chi connectivity index (χ1) is 13.4. The van der Waals surface area contributed by atoms with Gasteiger partial charge in [0.25, 0.3) is 5.91 Å². The van der Waals surface area contributed by atoms with Crippen LogP contribution in [-0.4, -0.2) is 40.7 Å². The molecule has 0 saturated carbocycles. The van der Waals surface area contributed by atoms with Crippen LogP contribution in [0.4, 0.5) is 0 Å². The Morgan fingerprint density at radius 1 is 1.21 bits per heavy atom. The van der Waals surface area contributed by atoms with Gasteiger partial charge in [0, 0.05) is 24.4 Å². The summed E-state index contributed by atoms with van der Waals surface area (Å²) in [6, 6.07) is 0. The Morgan fingerprint density at radius 3 is 2.54 bits per heavy atom. The summed E-state index contributed by atoms with van der Waals surface area (Å²) in [6.45, 7) is 6.05. The van der Waals surface area contributed by atoms with E-state index in [1.54, 1.807) is 6.92 Å². The zero-order chi connectivity index (χ0) is 20.5. The predicted octanol–water partition coefficient (Wildman–Crippen LogP) is 3.69. The maximum absolute atomic E-state index is 12.1. The van der Waals surface area contributed by atoms with E-state index >= 15 is 0 Å². The van der Waals surface area contributed by atoms with Crippen LogP contribution in [0.2, 0.25) is 0 Å². The fraction of sp³-hybridized carbons (Fsp3) is 0.619. The molecule has 0 aliphatic heterocycles. The van der Waals surface area contributed by atoms with Gasteiger partial charge in [0.2, 0.25) is 0 Å². The number of carbonyl (C=O) groups is 2. The summed E-state index contributed by atoms with van der Waals surface area (Å²) in [7, 11) is 0. The van der Waals surface area contributed by atoms with Crippen LogP contribution < -0.4 is 5.32 Å². The van der Waals surface area contributed by atoms with Gasteiger partial charge in [0.1, 0.15) is 0 Å². The molecule has 1 aromatic heterocycles. The minimum absolute atomic E-state index is 0.203. The highest BCUT2D eigenvalue weighted by Gasteiger charge is 2.18. The second-order valence-electron chi connectivity index (χ2n) is 7.14. The first-order valence-corrected chi connectivity index (χ1v) is 11.2. The van der Waals surface area contributed by atoms with Crippen molar-refractivity contribution < 1.29 is 14.3 Å². The van der Waals surface area contributed by atoms with Crippen molar-refractivity contribution in [1.82, 2.24) is 15.3 Å². The number of hydrogen-bond acceptors (Lipinski definition) is 6. The van der Waals surface area contributed by atoms with Crippen LogP contribution in [0.1, 0.15) is 62.4 Å². The number of allylic oxidation sites excluding steroid dienone is 1. The van der Waals surface area contributed by atoms with E-state index in [1.807, 2.05) is 20.1 Å². The van der Waals surface area contributed by atoms with Gasteiger partial charge in [-0.2, -0.15) is 0 Å². The van der Waals surface area contributed by atoms with Gasteiger partial charge in [0.05, 0.1) is 0 Å². The number of carbonyl (C=O) groups excluding carboxylic acids is 2. The van der Waals surface area contributed by atoms with Crippen molar-refractivity contribution in [3.63, 3.8) is 0 Å². The molecule has 1 aliphatic rings. The molecule has 6 nitrogen and oxygen atoms in total. The van der Waals surface area contributed by atoms with E-state index in [0.29, 0.717) is 13.0 Å². The van der Waals surface area contributed by atoms with E-state index in [-0.39, 0.29) is 18.3 Å². The fourth-order valence-corrected chi connectivity index (χ4v) is 3.78. The second kappa shape index (κ2) is 11.2. The number of nitrogens with zero attached hydrogens (tertiary/aromatic N) is 2. The molecule has 1 N–H and O–H groups in total. The quantitative estimate of drug-likeness (QED) is 0.292. The van der Waals surface area contributed by atoms with E-state index in [9.17, 15) is 9.59 Å². The molecule has 28 heavy (non-hydrogen) atoms. The summed E-state index contributed by atoms with van der Waals surface area (Å²) in [6.07, 6.45) is 9.77. The molecule has 2 rings (SSSR count). The lowest BCUT2D eigenvalue weighted by molar-refractivity contribution is -0.154. The summed E-state index contributed by atoms with van der Waals surface area (Å²) in [5.41, 5.74) is 4.14. The van der Waals surface area contributed by atoms with Crippen molar-refractivity contribution in [3.05, 3.63) is 28.6 Å². The molecule has 1 heterocycles. The van der Waals surface area contributed by atoms with E-state index in [2.05, 4.69) is 21.4 Å². The Hall–Kier alpha value is -1.89. The highest BCUT2D eigenvalue weighted by molar-refractivity contribution is 7.98. The number of rotatable bonds is 9. The largest absolute Gasteiger partial charge is 0.453 e. The smallest absolute Gasteiger partial charge is 0.306 e. The standard InChI is InChI=1S/C21H31N3O3S/c1-14-18(15(2)24-21(23-14)28-4)10-11-19(25)27-16(3)20(26)22-13-12-17-8-6-5-7-9-17/h8,16H,5-7,9-13H2,1-4H3,(H,22,26)/t16-/m1/s1. The average molecular weight is 406 g/mol. The van der Waals surface area contributed by atoms with Crippen LogP contribution in [0.15, 0.2) is 16.8 Å². The predicted molar refractivity (Wildman–Crippen MR) is 111 cm³/mol. The zero-order valence-electron chi connectivity index (χ0n) is 17.3. The van der Waals surface area contributed by atoms with Crippen LogP contribution >= 0.6 is 11.8 Å². The van der Waals surface area contributed by atoms with Crippen molar-refractivity contribution in [2.75, 3.05) is 12.8 Å². The van der Waals surface area contributed by atoms with Crippen LogP contribution in [0.25, 0.3) is 0 Å². The number of aryl methyl sites for hydroxylation is 2. The molecule has 0 spiro atoms. The van der Waals surface area contributed by atoms with Crippen molar-refractivity contribution >= 4 is 23.6 Å². The summed E-state index contributed by atoms with van der Waals surface area (Å²) in [4.78, 5) is 33.1. The van der Waals surface area contributed by atoms with Gasteiger partial charge in [-0.1, -0.05) is 23.4 Å². The van der Waals surface area contributed by atoms with Gasteiger partial charge in [-0.05, 0) is 71.1 Å². The zero-order valence-corrected chi connectivity index (χ0v) is 18.2. The van der Waals surface area contributed by atoms with Gasteiger partial charge in [-0.15, -0.1) is 0 Å². The minimum atomic E-state index is -0.787. The molecular formula is C21H31N3O3S. The third kappa shape index (κ3) is 6.93. The lowest BCUT2D eigenvalue weighted by Gasteiger charge is -2.16. The molecule has 0 radical (unpaired) electrons. The third-order valence-corrected chi connectivity index (χ3v) is 5.52. The molecule has 1 atom stereocenters. The summed E-state index contributed by atoms with van der Waals surface area (Å²) in [5.74, 6) is -0.629. The first kappa shape index (κ1) is 22.4. The van der Waals surface area contributed by atoms with Crippen molar-refractivity contribution in [1.29, 1.82) is 0 Å². The highest BCUT2D eigenvalue weighted by Crippen LogP contribution is 2.19. The van der Waals surface area contributed by atoms with E-state index < -0.39 is 6.10 Å². The second-order valence-corrected chi connectivity index (χ2v) is 7.91. The highest BCUT2D eigenvalue weighted by atomic mass is 32.2. The van der Waals surface area contributed by atoms with E-state index in [0.717, 1.165) is 41.4 Å². The molecule has 0 bridgehead atoms. The SMILES string of the molecule is CSc1nc(C)c(CCC(=O)O[C@H](C)C(=O)NCCC2=CCCCC2)c(C)n1. The van der Waals surface area contributed by atoms with Crippen molar-refractivity contribution in [2.24, 2.45) is 0 Å². The molecule has 1 aromatic rings. The lowest BCUT2D eigenvalue weighted by Crippen LogP contribution is -2.36. The van der Waals surface area contributed by atoms with Gasteiger partial charge >= 0.3 is 5.97 Å². The van der Waals surface area contributed by atoms with Crippen molar-refractivity contribution in [2.45, 2.75) is 77.0 Å². The van der Waals surface area contributed by atoms with Crippen LogP contribution in [0.5, 0.6) is 0 Å². The number of aromatic nitrogens is 2. The normalized spacial score (nSPS) is 14.9. The molecule has 1 aliphatic carbocycles. The molecule has 0 fully saturated rings. The molecular weight excluding hydrogens is 374 g/mol. The number of ether oxygens (including phenoxy) is 1. The molecule has 0 unspecified atom stereocenters. The van der Waals surface area contributed by atoms with Gasteiger partial charge in [-0.25, -0.2) is 9.97 Å². The van der Waals surface area contributed by atoms with Gasteiger partial charge < -0.3 is 10.1 Å². The number of esters is 1. The molecule has 0 aromatic carbocycles. The fourth-order valence-electron chi connectivity index (χ4n) is 3.32.